The van der Waals surface area contributed by atoms with Crippen molar-refractivity contribution in [2.45, 2.75) is 17.4 Å². The Morgan fingerprint density at radius 3 is 2.23 bits per heavy atom. The number of hydrogen-bond donors (Lipinski definition) is 4. The highest BCUT2D eigenvalue weighted by molar-refractivity contribution is 7.92. The van der Waals surface area contributed by atoms with E-state index in [1.54, 1.807) is 29.6 Å². The molecule has 4 aromatic rings. The Kier molecular flexibility index (Phi) is 9.43. The molecule has 0 aliphatic carbocycles. The predicted molar refractivity (Wildman–Crippen MR) is 155 cm³/mol. The van der Waals surface area contributed by atoms with Crippen LogP contribution in [0.5, 0.6) is 0 Å². The van der Waals surface area contributed by atoms with Crippen LogP contribution in [0.4, 0.5) is 5.69 Å². The Morgan fingerprint density at radius 2 is 1.55 bits per heavy atom. The molecule has 0 saturated carbocycles. The maximum absolute atomic E-state index is 13.0. The summed E-state index contributed by atoms with van der Waals surface area (Å²) in [5.74, 6) is -1.90. The molecule has 1 heterocycles. The van der Waals surface area contributed by atoms with Crippen LogP contribution in [0, 0.1) is 0 Å². The molecule has 0 fully saturated rings. The summed E-state index contributed by atoms with van der Waals surface area (Å²) < 4.78 is 28.3. The lowest BCUT2D eigenvalue weighted by Crippen LogP contribution is -2.53. The summed E-state index contributed by atoms with van der Waals surface area (Å²) in [5, 5.41) is 4.75. The average Bonchev–Trinajstić information content (AvgIpc) is 3.48. The van der Waals surface area contributed by atoms with E-state index in [4.69, 9.17) is 23.2 Å². The van der Waals surface area contributed by atoms with Gasteiger partial charge < -0.3 is 5.32 Å². The van der Waals surface area contributed by atoms with Gasteiger partial charge >= 0.3 is 0 Å². The molecule has 1 atom stereocenters. The standard InChI is InChI=1S/C27H22Cl2N4O5S2/c28-19-9-11-20(12-10-19)33-40(37,38)24-16-18(8-13-21(24)29)25(34)31-32-26(35)22(15-17-5-2-1-3-6-17)30-27(36)23-7-4-14-39-23/h1-14,16,22,33H,15H2,(H,30,36)(H,31,34)(H,32,35)/t22-/m1/s1. The van der Waals surface area contributed by atoms with E-state index in [1.165, 1.54) is 47.7 Å². The number of hydrazine groups is 1. The molecule has 0 radical (unpaired) electrons. The Hall–Kier alpha value is -3.90. The molecule has 0 unspecified atom stereocenters. The van der Waals surface area contributed by atoms with Gasteiger partial charge in [-0.3, -0.25) is 30.0 Å². The SMILES string of the molecule is O=C(NNC(=O)[C@@H](Cc1ccccc1)NC(=O)c1cccs1)c1ccc(Cl)c(S(=O)(=O)Nc2ccc(Cl)cc2)c1. The number of nitrogens with one attached hydrogen (secondary N) is 4. The largest absolute Gasteiger partial charge is 0.339 e. The Balaban J connectivity index is 1.46. The molecular weight excluding hydrogens is 595 g/mol. The molecule has 0 aliphatic heterocycles. The first-order chi connectivity index (χ1) is 19.1. The summed E-state index contributed by atoms with van der Waals surface area (Å²) in [6.45, 7) is 0. The van der Waals surface area contributed by atoms with Crippen molar-refractivity contribution in [2.75, 3.05) is 4.72 Å². The molecule has 3 aromatic carbocycles. The van der Waals surface area contributed by atoms with E-state index < -0.39 is 33.8 Å². The fourth-order valence-electron chi connectivity index (χ4n) is 3.55. The van der Waals surface area contributed by atoms with E-state index in [9.17, 15) is 22.8 Å². The van der Waals surface area contributed by atoms with Gasteiger partial charge in [-0.2, -0.15) is 0 Å². The summed E-state index contributed by atoms with van der Waals surface area (Å²) >= 11 is 13.2. The molecule has 0 aliphatic rings. The number of halogens is 2. The lowest BCUT2D eigenvalue weighted by Gasteiger charge is -2.19. The molecule has 0 bridgehead atoms. The Morgan fingerprint density at radius 1 is 0.825 bits per heavy atom. The van der Waals surface area contributed by atoms with Crippen molar-refractivity contribution in [3.05, 3.63) is 116 Å². The number of benzene rings is 3. The minimum atomic E-state index is -4.17. The van der Waals surface area contributed by atoms with Crippen molar-refractivity contribution >= 4 is 68.0 Å². The summed E-state index contributed by atoms with van der Waals surface area (Å²) in [6.07, 6.45) is 0.166. The van der Waals surface area contributed by atoms with E-state index in [1.807, 2.05) is 18.2 Å². The maximum Gasteiger partial charge on any atom is 0.269 e. The Labute approximate surface area is 244 Å². The molecule has 40 heavy (non-hydrogen) atoms. The second kappa shape index (κ2) is 13.0. The number of anilines is 1. The molecule has 3 amide bonds. The molecule has 0 saturated heterocycles. The molecule has 13 heteroatoms. The number of amides is 3. The van der Waals surface area contributed by atoms with E-state index in [0.29, 0.717) is 9.90 Å². The summed E-state index contributed by atoms with van der Waals surface area (Å²) in [5.41, 5.74) is 5.54. The topological polar surface area (TPSA) is 133 Å². The highest BCUT2D eigenvalue weighted by atomic mass is 35.5. The van der Waals surface area contributed by atoms with Crippen LogP contribution < -0.4 is 20.9 Å². The van der Waals surface area contributed by atoms with Gasteiger partial charge in [0.25, 0.3) is 27.7 Å². The monoisotopic (exact) mass is 616 g/mol. The number of rotatable bonds is 9. The normalized spacial score (nSPS) is 11.8. The summed E-state index contributed by atoms with van der Waals surface area (Å²) in [6, 6.07) is 21.0. The van der Waals surface area contributed by atoms with Gasteiger partial charge in [-0.25, -0.2) is 8.42 Å². The van der Waals surface area contributed by atoms with Crippen LogP contribution in [0.3, 0.4) is 0 Å². The number of carbonyl (C=O) groups is 3. The maximum atomic E-state index is 13.0. The van der Waals surface area contributed by atoms with Crippen LogP contribution in [0.25, 0.3) is 0 Å². The van der Waals surface area contributed by atoms with E-state index in [-0.39, 0.29) is 27.6 Å². The van der Waals surface area contributed by atoms with E-state index >= 15 is 0 Å². The van der Waals surface area contributed by atoms with Crippen molar-refractivity contribution in [3.63, 3.8) is 0 Å². The first-order valence-corrected chi connectivity index (χ1v) is 14.8. The van der Waals surface area contributed by atoms with E-state index in [2.05, 4.69) is 20.9 Å². The van der Waals surface area contributed by atoms with Gasteiger partial charge in [0.1, 0.15) is 10.9 Å². The van der Waals surface area contributed by atoms with Crippen molar-refractivity contribution in [2.24, 2.45) is 0 Å². The van der Waals surface area contributed by atoms with Crippen molar-refractivity contribution in [1.82, 2.24) is 16.2 Å². The highest BCUT2D eigenvalue weighted by Crippen LogP contribution is 2.25. The minimum Gasteiger partial charge on any atom is -0.339 e. The van der Waals surface area contributed by atoms with Crippen LogP contribution in [0.1, 0.15) is 25.6 Å². The lowest BCUT2D eigenvalue weighted by atomic mass is 10.1. The van der Waals surface area contributed by atoms with Crippen molar-refractivity contribution in [3.8, 4) is 0 Å². The minimum absolute atomic E-state index is 0.0802. The van der Waals surface area contributed by atoms with Gasteiger partial charge in [0.2, 0.25) is 0 Å². The van der Waals surface area contributed by atoms with E-state index in [0.717, 1.165) is 11.6 Å². The number of hydrogen-bond acceptors (Lipinski definition) is 6. The number of thiophene rings is 1. The van der Waals surface area contributed by atoms with Gasteiger partial charge in [-0.1, -0.05) is 59.6 Å². The first-order valence-electron chi connectivity index (χ1n) is 11.7. The Bertz CT molecular complexity index is 1610. The predicted octanol–water partition coefficient (Wildman–Crippen LogP) is 4.66. The fourth-order valence-corrected chi connectivity index (χ4v) is 5.89. The van der Waals surface area contributed by atoms with Crippen molar-refractivity contribution in [1.29, 1.82) is 0 Å². The molecule has 4 rings (SSSR count). The lowest BCUT2D eigenvalue weighted by molar-refractivity contribution is -0.123. The molecule has 4 N–H and O–H groups in total. The zero-order valence-corrected chi connectivity index (χ0v) is 23.7. The highest BCUT2D eigenvalue weighted by Gasteiger charge is 2.24. The van der Waals surface area contributed by atoms with Gasteiger partial charge in [0.15, 0.2) is 0 Å². The van der Waals surface area contributed by atoms with Crippen LogP contribution in [-0.4, -0.2) is 32.2 Å². The summed E-state index contributed by atoms with van der Waals surface area (Å²) in [4.78, 5) is 38.6. The third-order valence-electron chi connectivity index (χ3n) is 5.53. The molecule has 0 spiro atoms. The zero-order chi connectivity index (χ0) is 28.7. The van der Waals surface area contributed by atoms with Crippen LogP contribution in [0.15, 0.2) is 95.2 Å². The summed E-state index contributed by atoms with van der Waals surface area (Å²) in [7, 11) is -4.17. The third kappa shape index (κ3) is 7.60. The van der Waals surface area contributed by atoms with Gasteiger partial charge in [0, 0.05) is 22.7 Å². The van der Waals surface area contributed by atoms with Gasteiger partial charge in [-0.15, -0.1) is 11.3 Å². The molecule has 9 nitrogen and oxygen atoms in total. The third-order valence-corrected chi connectivity index (χ3v) is 8.51. The molecule has 206 valence electrons. The second-order valence-corrected chi connectivity index (χ2v) is 11.8. The smallest absolute Gasteiger partial charge is 0.269 e. The molecular formula is C27H22Cl2N4O5S2. The van der Waals surface area contributed by atoms with Crippen LogP contribution in [-0.2, 0) is 21.2 Å². The first kappa shape index (κ1) is 29.1. The number of sulfonamides is 1. The quantitative estimate of drug-likeness (QED) is 0.203. The van der Waals surface area contributed by atoms with Crippen molar-refractivity contribution < 1.29 is 22.8 Å². The second-order valence-electron chi connectivity index (χ2n) is 8.39. The molecule has 1 aromatic heterocycles. The fraction of sp³-hybridized carbons (Fsp3) is 0.0741. The van der Waals surface area contributed by atoms with Crippen LogP contribution >= 0.6 is 34.5 Å². The zero-order valence-electron chi connectivity index (χ0n) is 20.6. The van der Waals surface area contributed by atoms with Gasteiger partial charge in [-0.05, 0) is 59.5 Å². The van der Waals surface area contributed by atoms with Gasteiger partial charge in [0.05, 0.1) is 9.90 Å². The van der Waals surface area contributed by atoms with Crippen LogP contribution in [0.2, 0.25) is 10.0 Å². The average molecular weight is 618 g/mol. The number of carbonyl (C=O) groups excluding carboxylic acids is 3.